The lowest BCUT2D eigenvalue weighted by Gasteiger charge is -2.23. The zero-order chi connectivity index (χ0) is 21.7. The van der Waals surface area contributed by atoms with E-state index in [1.54, 1.807) is 20.8 Å². The van der Waals surface area contributed by atoms with Crippen LogP contribution in [-0.4, -0.2) is 23.7 Å². The predicted octanol–water partition coefficient (Wildman–Crippen LogP) is 5.24. The summed E-state index contributed by atoms with van der Waals surface area (Å²) in [5.74, 6) is 1.04. The Kier molecular flexibility index (Phi) is 6.80. The molecule has 0 bridgehead atoms. The highest BCUT2D eigenvalue weighted by molar-refractivity contribution is 5.83. The van der Waals surface area contributed by atoms with Crippen LogP contribution in [0.15, 0.2) is 54.6 Å². The monoisotopic (exact) mass is 409 g/mol. The Morgan fingerprint density at radius 3 is 2.30 bits per heavy atom. The van der Waals surface area contributed by atoms with E-state index in [0.717, 1.165) is 11.1 Å². The molecular weight excluding hydrogens is 378 g/mol. The molecule has 2 aromatic carbocycles. The first kappa shape index (κ1) is 21.9. The number of nitrogens with one attached hydrogen (secondary N) is 1. The van der Waals surface area contributed by atoms with Crippen molar-refractivity contribution >= 4 is 12.1 Å². The molecule has 5 nitrogen and oxygen atoms in total. The SMILES string of the molecule is C[C@@H](c1ccccc1OC(=O)[C@H](Cc1ccccc1)NC(=O)OC(C)(C)C)C1CC1. The Morgan fingerprint density at radius 2 is 1.67 bits per heavy atom. The van der Waals surface area contributed by atoms with Crippen LogP contribution in [0.5, 0.6) is 5.75 Å². The number of ether oxygens (including phenoxy) is 2. The van der Waals surface area contributed by atoms with Gasteiger partial charge in [0.25, 0.3) is 0 Å². The van der Waals surface area contributed by atoms with Crippen molar-refractivity contribution in [3.8, 4) is 5.75 Å². The maximum Gasteiger partial charge on any atom is 0.408 e. The summed E-state index contributed by atoms with van der Waals surface area (Å²) in [4.78, 5) is 25.4. The summed E-state index contributed by atoms with van der Waals surface area (Å²) in [6.45, 7) is 7.52. The number of carbonyl (C=O) groups is 2. The summed E-state index contributed by atoms with van der Waals surface area (Å²) < 4.78 is 11.2. The third kappa shape index (κ3) is 6.34. The smallest absolute Gasteiger partial charge is 0.408 e. The molecule has 0 aromatic heterocycles. The number of carbonyl (C=O) groups excluding carboxylic acids is 2. The minimum Gasteiger partial charge on any atom is -0.444 e. The van der Waals surface area contributed by atoms with Crippen molar-refractivity contribution in [2.45, 2.75) is 64.5 Å². The van der Waals surface area contributed by atoms with Gasteiger partial charge in [-0.2, -0.15) is 0 Å². The molecule has 1 N–H and O–H groups in total. The highest BCUT2D eigenvalue weighted by Gasteiger charge is 2.32. The van der Waals surface area contributed by atoms with Crippen molar-refractivity contribution in [3.63, 3.8) is 0 Å². The van der Waals surface area contributed by atoms with Gasteiger partial charge in [-0.1, -0.05) is 55.5 Å². The molecule has 0 spiro atoms. The molecule has 2 atom stereocenters. The topological polar surface area (TPSA) is 64.6 Å². The minimum atomic E-state index is -0.855. The van der Waals surface area contributed by atoms with E-state index in [1.165, 1.54) is 12.8 Å². The first-order valence-corrected chi connectivity index (χ1v) is 10.6. The normalized spacial score (nSPS) is 15.7. The maximum atomic E-state index is 13.1. The molecule has 1 aliphatic rings. The Bertz CT molecular complexity index is 868. The van der Waals surface area contributed by atoms with E-state index in [4.69, 9.17) is 9.47 Å². The number of amides is 1. The van der Waals surface area contributed by atoms with Gasteiger partial charge >= 0.3 is 12.1 Å². The minimum absolute atomic E-state index is 0.319. The van der Waals surface area contributed by atoms with Gasteiger partial charge < -0.3 is 14.8 Å². The Hall–Kier alpha value is -2.82. The van der Waals surface area contributed by atoms with Gasteiger partial charge in [-0.05, 0) is 62.6 Å². The first-order chi connectivity index (χ1) is 14.2. The highest BCUT2D eigenvalue weighted by Crippen LogP contribution is 2.44. The molecule has 2 aromatic rings. The zero-order valence-electron chi connectivity index (χ0n) is 18.2. The molecule has 3 rings (SSSR count). The predicted molar refractivity (Wildman–Crippen MR) is 117 cm³/mol. The lowest BCUT2D eigenvalue weighted by molar-refractivity contribution is -0.136. The molecule has 0 saturated heterocycles. The number of esters is 1. The fourth-order valence-electron chi connectivity index (χ4n) is 3.47. The Morgan fingerprint density at radius 1 is 1.03 bits per heavy atom. The van der Waals surface area contributed by atoms with Crippen molar-refractivity contribution < 1.29 is 19.1 Å². The van der Waals surface area contributed by atoms with Gasteiger partial charge in [-0.25, -0.2) is 9.59 Å². The fourth-order valence-corrected chi connectivity index (χ4v) is 3.47. The molecule has 5 heteroatoms. The molecule has 0 radical (unpaired) electrons. The van der Waals surface area contributed by atoms with Crippen LogP contribution in [0, 0.1) is 5.92 Å². The van der Waals surface area contributed by atoms with Crippen LogP contribution >= 0.6 is 0 Å². The largest absolute Gasteiger partial charge is 0.444 e. The van der Waals surface area contributed by atoms with Crippen LogP contribution in [0.1, 0.15) is 57.6 Å². The van der Waals surface area contributed by atoms with Crippen LogP contribution in [-0.2, 0) is 16.0 Å². The first-order valence-electron chi connectivity index (χ1n) is 10.6. The summed E-state index contributed by atoms with van der Waals surface area (Å²) in [5.41, 5.74) is 1.30. The highest BCUT2D eigenvalue weighted by atomic mass is 16.6. The number of alkyl carbamates (subject to hydrolysis) is 1. The molecule has 1 fully saturated rings. The quantitative estimate of drug-likeness (QED) is 0.502. The van der Waals surface area contributed by atoms with Gasteiger partial charge in [0.2, 0.25) is 0 Å². The molecule has 0 heterocycles. The molecule has 1 saturated carbocycles. The molecule has 1 amide bonds. The van der Waals surface area contributed by atoms with E-state index < -0.39 is 23.7 Å². The number of rotatable bonds is 7. The summed E-state index contributed by atoms with van der Waals surface area (Å²) in [7, 11) is 0. The standard InChI is InChI=1S/C25H31NO4/c1-17(19-14-15-19)20-12-8-9-13-22(20)29-23(27)21(16-18-10-6-5-7-11-18)26-24(28)30-25(2,3)4/h5-13,17,19,21H,14-16H2,1-4H3,(H,26,28)/t17-,21+/m1/s1. The molecule has 0 unspecified atom stereocenters. The summed E-state index contributed by atoms with van der Waals surface area (Å²) in [5, 5.41) is 2.69. The number of hydrogen-bond acceptors (Lipinski definition) is 4. The van der Waals surface area contributed by atoms with Gasteiger partial charge in [0.1, 0.15) is 17.4 Å². The average molecular weight is 410 g/mol. The van der Waals surface area contributed by atoms with Crippen molar-refractivity contribution in [1.29, 1.82) is 0 Å². The van der Waals surface area contributed by atoms with Gasteiger partial charge in [0.15, 0.2) is 0 Å². The summed E-state index contributed by atoms with van der Waals surface area (Å²) in [6.07, 6.45) is 2.10. The molecule has 30 heavy (non-hydrogen) atoms. The Balaban J connectivity index is 1.77. The third-order valence-electron chi connectivity index (χ3n) is 5.21. The summed E-state index contributed by atoms with van der Waals surface area (Å²) in [6, 6.07) is 16.3. The molecule has 0 aliphatic heterocycles. The second kappa shape index (κ2) is 9.33. The van der Waals surface area contributed by atoms with Gasteiger partial charge in [-0.3, -0.25) is 0 Å². The molecule has 160 valence electrons. The van der Waals surface area contributed by atoms with E-state index >= 15 is 0 Å². The summed E-state index contributed by atoms with van der Waals surface area (Å²) >= 11 is 0. The van der Waals surface area contributed by atoms with E-state index in [-0.39, 0.29) is 0 Å². The number of benzene rings is 2. The van der Waals surface area contributed by atoms with Crippen LogP contribution in [0.2, 0.25) is 0 Å². The van der Waals surface area contributed by atoms with Crippen LogP contribution in [0.25, 0.3) is 0 Å². The lowest BCUT2D eigenvalue weighted by atomic mass is 9.95. The van der Waals surface area contributed by atoms with Crippen molar-refractivity contribution in [3.05, 3.63) is 65.7 Å². The van der Waals surface area contributed by atoms with Crippen LogP contribution in [0.4, 0.5) is 4.79 Å². The van der Waals surface area contributed by atoms with Gasteiger partial charge in [0.05, 0.1) is 0 Å². The number of para-hydroxylation sites is 1. The van der Waals surface area contributed by atoms with Crippen molar-refractivity contribution in [2.75, 3.05) is 0 Å². The van der Waals surface area contributed by atoms with Crippen LogP contribution in [0.3, 0.4) is 0 Å². The van der Waals surface area contributed by atoms with Gasteiger partial charge in [-0.15, -0.1) is 0 Å². The average Bonchev–Trinajstić information content (AvgIpc) is 3.52. The molecular formula is C25H31NO4. The van der Waals surface area contributed by atoms with Gasteiger partial charge in [0, 0.05) is 6.42 Å². The van der Waals surface area contributed by atoms with E-state index in [1.807, 2.05) is 54.6 Å². The maximum absolute atomic E-state index is 13.1. The van der Waals surface area contributed by atoms with E-state index in [2.05, 4.69) is 12.2 Å². The van der Waals surface area contributed by atoms with Crippen molar-refractivity contribution in [2.24, 2.45) is 5.92 Å². The number of hydrogen-bond donors (Lipinski definition) is 1. The second-order valence-corrected chi connectivity index (χ2v) is 8.97. The van der Waals surface area contributed by atoms with Crippen molar-refractivity contribution in [1.82, 2.24) is 5.32 Å². The fraction of sp³-hybridized carbons (Fsp3) is 0.440. The van der Waals surface area contributed by atoms with Crippen LogP contribution < -0.4 is 10.1 Å². The Labute approximate surface area is 178 Å². The lowest BCUT2D eigenvalue weighted by Crippen LogP contribution is -2.46. The second-order valence-electron chi connectivity index (χ2n) is 8.97. The van der Waals surface area contributed by atoms with E-state index in [9.17, 15) is 9.59 Å². The van der Waals surface area contributed by atoms with E-state index in [0.29, 0.717) is 24.0 Å². The zero-order valence-corrected chi connectivity index (χ0v) is 18.2. The molecule has 1 aliphatic carbocycles. The third-order valence-corrected chi connectivity index (χ3v) is 5.21.